The number of halogens is 4. The third kappa shape index (κ3) is 7.83. The van der Waals surface area contributed by atoms with Crippen molar-refractivity contribution in [1.82, 2.24) is 25.4 Å². The van der Waals surface area contributed by atoms with Crippen LogP contribution in [0.15, 0.2) is 12.1 Å². The Labute approximate surface area is 218 Å². The van der Waals surface area contributed by atoms with Crippen molar-refractivity contribution in [3.63, 3.8) is 0 Å². The van der Waals surface area contributed by atoms with E-state index < -0.39 is 17.9 Å². The predicted octanol–water partition coefficient (Wildman–Crippen LogP) is 4.37. The second-order valence-corrected chi connectivity index (χ2v) is 11.3. The Morgan fingerprint density at radius 3 is 2.65 bits per heavy atom. The topological polar surface area (TPSA) is 80.2 Å². The highest BCUT2D eigenvalue weighted by atomic mass is 32.1. The molecule has 1 amide bonds. The maximum Gasteiger partial charge on any atom is 0.425 e. The van der Waals surface area contributed by atoms with Crippen LogP contribution in [-0.4, -0.2) is 69.6 Å². The number of hydrogen-bond acceptors (Lipinski definition) is 7. The summed E-state index contributed by atoms with van der Waals surface area (Å²) in [6.45, 7) is 4.82. The Balaban J connectivity index is 1.21. The molecule has 37 heavy (non-hydrogen) atoms. The van der Waals surface area contributed by atoms with Crippen LogP contribution in [0.25, 0.3) is 0 Å². The molecule has 3 heterocycles. The van der Waals surface area contributed by atoms with Crippen LogP contribution in [0.5, 0.6) is 5.88 Å². The number of pyridine rings is 1. The number of hydrogen-bond donors (Lipinski definition) is 1. The number of fused-ring (bicyclic) bond motifs is 1. The third-order valence-corrected chi connectivity index (χ3v) is 8.00. The number of aromatic nitrogens is 3. The van der Waals surface area contributed by atoms with E-state index in [4.69, 9.17) is 4.74 Å². The molecular formula is C25H33F4N5O2S. The van der Waals surface area contributed by atoms with Crippen molar-refractivity contribution in [2.45, 2.75) is 89.2 Å². The second kappa shape index (κ2) is 11.6. The van der Waals surface area contributed by atoms with Gasteiger partial charge in [-0.15, -0.1) is 21.5 Å². The third-order valence-electron chi connectivity index (χ3n) is 7.17. The maximum absolute atomic E-state index is 15.5. The van der Waals surface area contributed by atoms with Crippen molar-refractivity contribution in [2.75, 3.05) is 19.6 Å². The van der Waals surface area contributed by atoms with E-state index >= 15 is 4.39 Å². The standard InChI is InChI=1S/C25H33F4N5O2S/c1-16(25(27,28)29)36-22-4-3-18-7-12-34(13-8-20(18)31-22)14-11-24(26)9-5-19(6-10-24)30-21(35)15-23-33-32-17(2)37-23/h3-4,16,19H,5-15H2,1-2H3,(H,30,35). The summed E-state index contributed by atoms with van der Waals surface area (Å²) in [7, 11) is 0. The van der Waals surface area contributed by atoms with E-state index in [1.165, 1.54) is 17.4 Å². The zero-order chi connectivity index (χ0) is 26.6. The fraction of sp³-hybridized carbons (Fsp3) is 0.680. The van der Waals surface area contributed by atoms with Gasteiger partial charge in [0.05, 0.1) is 6.42 Å². The molecule has 1 aliphatic carbocycles. The van der Waals surface area contributed by atoms with Crippen LogP contribution in [0.4, 0.5) is 17.6 Å². The van der Waals surface area contributed by atoms with Gasteiger partial charge in [-0.1, -0.05) is 6.07 Å². The Morgan fingerprint density at radius 2 is 1.97 bits per heavy atom. The molecule has 1 aliphatic heterocycles. The summed E-state index contributed by atoms with van der Waals surface area (Å²) < 4.78 is 58.9. The molecule has 0 bridgehead atoms. The van der Waals surface area contributed by atoms with Gasteiger partial charge in [0.2, 0.25) is 11.8 Å². The van der Waals surface area contributed by atoms with Crippen molar-refractivity contribution in [2.24, 2.45) is 0 Å². The summed E-state index contributed by atoms with van der Waals surface area (Å²) >= 11 is 1.40. The minimum Gasteiger partial charge on any atom is -0.465 e. The zero-order valence-electron chi connectivity index (χ0n) is 21.1. The van der Waals surface area contributed by atoms with Crippen molar-refractivity contribution < 1.29 is 27.1 Å². The van der Waals surface area contributed by atoms with Crippen LogP contribution in [0.1, 0.15) is 60.3 Å². The molecule has 204 valence electrons. The molecule has 1 atom stereocenters. The minimum absolute atomic E-state index is 0.0259. The summed E-state index contributed by atoms with van der Waals surface area (Å²) in [5.74, 6) is -0.131. The van der Waals surface area contributed by atoms with Crippen LogP contribution in [-0.2, 0) is 24.1 Å². The van der Waals surface area contributed by atoms with Crippen LogP contribution in [0.2, 0.25) is 0 Å². The zero-order valence-corrected chi connectivity index (χ0v) is 21.9. The van der Waals surface area contributed by atoms with Gasteiger partial charge >= 0.3 is 6.18 Å². The molecule has 12 heteroatoms. The van der Waals surface area contributed by atoms with Crippen molar-refractivity contribution in [3.05, 3.63) is 33.4 Å². The molecular weight excluding hydrogens is 510 g/mol. The van der Waals surface area contributed by atoms with Crippen LogP contribution in [0.3, 0.4) is 0 Å². The van der Waals surface area contributed by atoms with E-state index in [1.807, 2.05) is 6.92 Å². The summed E-state index contributed by atoms with van der Waals surface area (Å²) in [5.41, 5.74) is 0.470. The summed E-state index contributed by atoms with van der Waals surface area (Å²) in [6, 6.07) is 3.24. The van der Waals surface area contributed by atoms with Crippen LogP contribution < -0.4 is 10.1 Å². The lowest BCUT2D eigenvalue weighted by Crippen LogP contribution is -2.43. The Hall–Kier alpha value is -2.34. The fourth-order valence-corrected chi connectivity index (χ4v) is 5.57. The first-order valence-corrected chi connectivity index (χ1v) is 13.5. The fourth-order valence-electron chi connectivity index (χ4n) is 4.86. The van der Waals surface area contributed by atoms with Gasteiger partial charge in [-0.2, -0.15) is 13.2 Å². The number of aryl methyl sites for hydroxylation is 1. The second-order valence-electron chi connectivity index (χ2n) is 10.0. The Bertz CT molecular complexity index is 1070. The average Bonchev–Trinajstić information content (AvgIpc) is 3.13. The normalized spacial score (nSPS) is 23.7. The molecule has 0 radical (unpaired) electrons. The molecule has 1 N–H and O–H groups in total. The number of carbonyl (C=O) groups excluding carboxylic acids is 1. The van der Waals surface area contributed by atoms with Crippen molar-refractivity contribution >= 4 is 17.2 Å². The smallest absolute Gasteiger partial charge is 0.425 e. The van der Waals surface area contributed by atoms with E-state index in [0.29, 0.717) is 63.0 Å². The summed E-state index contributed by atoms with van der Waals surface area (Å²) in [5, 5.41) is 12.4. The maximum atomic E-state index is 15.5. The lowest BCUT2D eigenvalue weighted by Gasteiger charge is -2.35. The van der Waals surface area contributed by atoms with Gasteiger partial charge in [-0.25, -0.2) is 9.37 Å². The number of carbonyl (C=O) groups is 1. The first-order chi connectivity index (χ1) is 17.5. The molecule has 2 aromatic heterocycles. The SMILES string of the molecule is Cc1nnc(CC(=O)NC2CCC(F)(CCN3CCc4ccc(OC(C)C(F)(F)F)nc4CC3)CC2)s1. The van der Waals surface area contributed by atoms with E-state index in [-0.39, 0.29) is 24.2 Å². The average molecular weight is 544 g/mol. The van der Waals surface area contributed by atoms with Gasteiger partial charge in [-0.05, 0) is 57.9 Å². The highest BCUT2D eigenvalue weighted by Crippen LogP contribution is 2.35. The van der Waals surface area contributed by atoms with Gasteiger partial charge in [-0.3, -0.25) is 4.79 Å². The highest BCUT2D eigenvalue weighted by Gasteiger charge is 2.38. The lowest BCUT2D eigenvalue weighted by atomic mass is 9.81. The van der Waals surface area contributed by atoms with Gasteiger partial charge < -0.3 is 15.0 Å². The molecule has 1 fully saturated rings. The van der Waals surface area contributed by atoms with Crippen LogP contribution >= 0.6 is 11.3 Å². The number of rotatable bonds is 8. The molecule has 1 unspecified atom stereocenters. The van der Waals surface area contributed by atoms with E-state index in [9.17, 15) is 18.0 Å². The molecule has 2 aliphatic rings. The Morgan fingerprint density at radius 1 is 1.24 bits per heavy atom. The first-order valence-electron chi connectivity index (χ1n) is 12.7. The van der Waals surface area contributed by atoms with Gasteiger partial charge in [0.15, 0.2) is 6.10 Å². The molecule has 4 rings (SSSR count). The van der Waals surface area contributed by atoms with Crippen molar-refractivity contribution in [1.29, 1.82) is 0 Å². The molecule has 0 saturated heterocycles. The molecule has 1 saturated carbocycles. The van der Waals surface area contributed by atoms with Gasteiger partial charge in [0, 0.05) is 43.9 Å². The lowest BCUT2D eigenvalue weighted by molar-refractivity contribution is -0.190. The number of alkyl halides is 4. The minimum atomic E-state index is -4.45. The Kier molecular flexibility index (Phi) is 8.67. The molecule has 0 aromatic carbocycles. The van der Waals surface area contributed by atoms with E-state index in [0.717, 1.165) is 29.7 Å². The number of nitrogens with zero attached hydrogens (tertiary/aromatic N) is 4. The van der Waals surface area contributed by atoms with Gasteiger partial charge in [0.25, 0.3) is 0 Å². The quantitative estimate of drug-likeness (QED) is 0.498. The first kappa shape index (κ1) is 27.7. The number of nitrogens with one attached hydrogen (secondary N) is 1. The predicted molar refractivity (Wildman–Crippen MR) is 131 cm³/mol. The largest absolute Gasteiger partial charge is 0.465 e. The molecule has 0 spiro atoms. The van der Waals surface area contributed by atoms with Gasteiger partial charge in [0.1, 0.15) is 15.7 Å². The number of amides is 1. The van der Waals surface area contributed by atoms with Crippen LogP contribution in [0, 0.1) is 6.92 Å². The van der Waals surface area contributed by atoms with E-state index in [1.54, 1.807) is 6.07 Å². The monoisotopic (exact) mass is 543 g/mol. The number of ether oxygens (including phenoxy) is 1. The summed E-state index contributed by atoms with van der Waals surface area (Å²) in [4.78, 5) is 18.8. The molecule has 7 nitrogen and oxygen atoms in total. The highest BCUT2D eigenvalue weighted by molar-refractivity contribution is 7.11. The summed E-state index contributed by atoms with van der Waals surface area (Å²) in [6.07, 6.45) is -2.46. The van der Waals surface area contributed by atoms with Crippen molar-refractivity contribution in [3.8, 4) is 5.88 Å². The van der Waals surface area contributed by atoms with E-state index in [2.05, 4.69) is 25.4 Å². The molecule has 2 aromatic rings.